The Bertz CT molecular complexity index is 520. The SMILES string of the molecule is CCCCC1(CC(C)C)CCCC1OC(=O)c1ccccc1C. The first-order valence-electron chi connectivity index (χ1n) is 9.25. The van der Waals surface area contributed by atoms with Crippen molar-refractivity contribution in [3.8, 4) is 0 Å². The zero-order valence-electron chi connectivity index (χ0n) is 15.2. The predicted molar refractivity (Wildman–Crippen MR) is 95.6 cm³/mol. The maximum atomic E-state index is 12.6. The van der Waals surface area contributed by atoms with Gasteiger partial charge in [0.25, 0.3) is 0 Å². The molecule has 1 fully saturated rings. The van der Waals surface area contributed by atoms with Crippen LogP contribution in [0.15, 0.2) is 24.3 Å². The third-order valence-electron chi connectivity index (χ3n) is 5.28. The van der Waals surface area contributed by atoms with Crippen LogP contribution in [0.4, 0.5) is 0 Å². The van der Waals surface area contributed by atoms with E-state index in [1.165, 1.54) is 38.5 Å². The lowest BCUT2D eigenvalue weighted by molar-refractivity contribution is -0.0165. The third-order valence-corrected chi connectivity index (χ3v) is 5.28. The molecule has 0 heterocycles. The zero-order valence-corrected chi connectivity index (χ0v) is 15.2. The van der Waals surface area contributed by atoms with Gasteiger partial charge in [-0.15, -0.1) is 0 Å². The molecule has 1 aliphatic rings. The molecule has 1 aromatic carbocycles. The van der Waals surface area contributed by atoms with Crippen molar-refractivity contribution >= 4 is 5.97 Å². The molecule has 0 amide bonds. The number of carbonyl (C=O) groups excluding carboxylic acids is 1. The van der Waals surface area contributed by atoms with E-state index in [9.17, 15) is 4.79 Å². The number of ether oxygens (including phenoxy) is 1. The number of unbranched alkanes of at least 4 members (excludes halogenated alkanes) is 1. The summed E-state index contributed by atoms with van der Waals surface area (Å²) < 4.78 is 6.05. The van der Waals surface area contributed by atoms with Crippen LogP contribution in [0.2, 0.25) is 0 Å². The molecule has 2 rings (SSSR count). The highest BCUT2D eigenvalue weighted by atomic mass is 16.5. The van der Waals surface area contributed by atoms with E-state index in [1.54, 1.807) is 0 Å². The van der Waals surface area contributed by atoms with Crippen LogP contribution in [0.25, 0.3) is 0 Å². The van der Waals surface area contributed by atoms with Crippen LogP contribution < -0.4 is 0 Å². The molecule has 0 radical (unpaired) electrons. The van der Waals surface area contributed by atoms with Crippen molar-refractivity contribution in [2.75, 3.05) is 0 Å². The number of benzene rings is 1. The molecule has 2 nitrogen and oxygen atoms in total. The van der Waals surface area contributed by atoms with Gasteiger partial charge in [-0.25, -0.2) is 4.79 Å². The van der Waals surface area contributed by atoms with Crippen LogP contribution >= 0.6 is 0 Å². The van der Waals surface area contributed by atoms with Gasteiger partial charge < -0.3 is 4.74 Å². The first-order valence-corrected chi connectivity index (χ1v) is 9.25. The van der Waals surface area contributed by atoms with Gasteiger partial charge >= 0.3 is 5.97 Å². The summed E-state index contributed by atoms with van der Waals surface area (Å²) in [7, 11) is 0. The molecule has 0 saturated heterocycles. The monoisotopic (exact) mass is 316 g/mol. The van der Waals surface area contributed by atoms with Gasteiger partial charge in [0.2, 0.25) is 0 Å². The molecule has 1 aliphatic carbocycles. The second-order valence-electron chi connectivity index (χ2n) is 7.66. The van der Waals surface area contributed by atoms with Crippen molar-refractivity contribution in [2.24, 2.45) is 11.3 Å². The summed E-state index contributed by atoms with van der Waals surface area (Å²) in [4.78, 5) is 12.6. The van der Waals surface area contributed by atoms with Crippen LogP contribution in [0, 0.1) is 18.3 Å². The first-order chi connectivity index (χ1) is 11.0. The van der Waals surface area contributed by atoms with Gasteiger partial charge in [-0.2, -0.15) is 0 Å². The van der Waals surface area contributed by atoms with Crippen LogP contribution in [-0.4, -0.2) is 12.1 Å². The lowest BCUT2D eigenvalue weighted by atomic mass is 9.73. The van der Waals surface area contributed by atoms with Crippen molar-refractivity contribution in [1.29, 1.82) is 0 Å². The van der Waals surface area contributed by atoms with Crippen molar-refractivity contribution in [1.82, 2.24) is 0 Å². The van der Waals surface area contributed by atoms with Gasteiger partial charge in [-0.05, 0) is 56.6 Å². The van der Waals surface area contributed by atoms with Gasteiger partial charge in [-0.3, -0.25) is 0 Å². The molecule has 0 bridgehead atoms. The predicted octanol–water partition coefficient (Wildman–Crippen LogP) is 5.93. The van der Waals surface area contributed by atoms with E-state index in [0.717, 1.165) is 12.0 Å². The zero-order chi connectivity index (χ0) is 16.9. The summed E-state index contributed by atoms with van der Waals surface area (Å²) in [5, 5.41) is 0. The van der Waals surface area contributed by atoms with E-state index >= 15 is 0 Å². The molecule has 0 aliphatic heterocycles. The number of aryl methyl sites for hydroxylation is 1. The lowest BCUT2D eigenvalue weighted by Gasteiger charge is -2.37. The Morgan fingerprint density at radius 3 is 2.74 bits per heavy atom. The summed E-state index contributed by atoms with van der Waals surface area (Å²) in [6.45, 7) is 8.79. The normalized spacial score (nSPS) is 24.1. The minimum Gasteiger partial charge on any atom is -0.458 e. The molecule has 2 atom stereocenters. The molecular formula is C21H32O2. The number of rotatable bonds is 7. The Kier molecular flexibility index (Phi) is 6.26. The van der Waals surface area contributed by atoms with Gasteiger partial charge in [0.05, 0.1) is 5.56 Å². The van der Waals surface area contributed by atoms with E-state index in [-0.39, 0.29) is 17.5 Å². The molecule has 1 aromatic rings. The van der Waals surface area contributed by atoms with Gasteiger partial charge in [0.15, 0.2) is 0 Å². The second-order valence-corrected chi connectivity index (χ2v) is 7.66. The summed E-state index contributed by atoms with van der Waals surface area (Å²) in [6, 6.07) is 7.73. The summed E-state index contributed by atoms with van der Waals surface area (Å²) >= 11 is 0. The van der Waals surface area contributed by atoms with E-state index in [2.05, 4.69) is 20.8 Å². The average Bonchev–Trinajstić information content (AvgIpc) is 2.87. The van der Waals surface area contributed by atoms with E-state index in [1.807, 2.05) is 31.2 Å². The van der Waals surface area contributed by atoms with Gasteiger partial charge in [0, 0.05) is 5.41 Å². The highest BCUT2D eigenvalue weighted by Gasteiger charge is 2.44. The number of hydrogen-bond acceptors (Lipinski definition) is 2. The molecule has 0 aromatic heterocycles. The molecular weight excluding hydrogens is 284 g/mol. The quantitative estimate of drug-likeness (QED) is 0.583. The largest absolute Gasteiger partial charge is 0.458 e. The first kappa shape index (κ1) is 18.0. The summed E-state index contributed by atoms with van der Waals surface area (Å²) in [6.07, 6.45) is 8.28. The Balaban J connectivity index is 2.15. The minimum absolute atomic E-state index is 0.0866. The van der Waals surface area contributed by atoms with E-state index in [0.29, 0.717) is 11.5 Å². The Hall–Kier alpha value is -1.31. The fraction of sp³-hybridized carbons (Fsp3) is 0.667. The molecule has 128 valence electrons. The van der Waals surface area contributed by atoms with Crippen molar-refractivity contribution < 1.29 is 9.53 Å². The number of carbonyl (C=O) groups is 1. The molecule has 0 N–H and O–H groups in total. The maximum absolute atomic E-state index is 12.6. The van der Waals surface area contributed by atoms with Crippen molar-refractivity contribution in [3.05, 3.63) is 35.4 Å². The molecule has 0 spiro atoms. The fourth-order valence-corrected chi connectivity index (χ4v) is 4.25. The van der Waals surface area contributed by atoms with Crippen LogP contribution in [0.1, 0.15) is 81.6 Å². The summed E-state index contributed by atoms with van der Waals surface area (Å²) in [5.41, 5.74) is 1.91. The van der Waals surface area contributed by atoms with Gasteiger partial charge in [-0.1, -0.05) is 51.8 Å². The van der Waals surface area contributed by atoms with E-state index in [4.69, 9.17) is 4.74 Å². The summed E-state index contributed by atoms with van der Waals surface area (Å²) in [5.74, 6) is 0.504. The van der Waals surface area contributed by atoms with Crippen molar-refractivity contribution in [3.63, 3.8) is 0 Å². The Morgan fingerprint density at radius 2 is 2.09 bits per heavy atom. The van der Waals surface area contributed by atoms with Crippen LogP contribution in [0.5, 0.6) is 0 Å². The molecule has 23 heavy (non-hydrogen) atoms. The average molecular weight is 316 g/mol. The van der Waals surface area contributed by atoms with Crippen LogP contribution in [-0.2, 0) is 4.74 Å². The molecule has 2 heteroatoms. The fourth-order valence-electron chi connectivity index (χ4n) is 4.25. The van der Waals surface area contributed by atoms with Crippen molar-refractivity contribution in [2.45, 2.75) is 78.7 Å². The van der Waals surface area contributed by atoms with Crippen LogP contribution in [0.3, 0.4) is 0 Å². The topological polar surface area (TPSA) is 26.3 Å². The third kappa shape index (κ3) is 4.37. The lowest BCUT2D eigenvalue weighted by Crippen LogP contribution is -2.35. The second kappa shape index (κ2) is 7.99. The van der Waals surface area contributed by atoms with Gasteiger partial charge in [0.1, 0.15) is 6.10 Å². The highest BCUT2D eigenvalue weighted by molar-refractivity contribution is 5.91. The smallest absolute Gasteiger partial charge is 0.338 e. The molecule has 2 unspecified atom stereocenters. The maximum Gasteiger partial charge on any atom is 0.338 e. The van der Waals surface area contributed by atoms with E-state index < -0.39 is 0 Å². The number of hydrogen-bond donors (Lipinski definition) is 0. The standard InChI is InChI=1S/C21H32O2/c1-5-6-13-21(15-16(2)3)14-9-12-19(21)23-20(22)18-11-8-7-10-17(18)4/h7-8,10-11,16,19H,5-6,9,12-15H2,1-4H3. The number of esters is 1. The Morgan fingerprint density at radius 1 is 1.35 bits per heavy atom. The Labute approximate surface area is 141 Å². The minimum atomic E-state index is -0.139. The highest BCUT2D eigenvalue weighted by Crippen LogP contribution is 2.48. The molecule has 1 saturated carbocycles.